The number of urea groups is 1. The van der Waals surface area contributed by atoms with E-state index in [2.05, 4.69) is 10.6 Å². The molecule has 1 aromatic carbocycles. The van der Waals surface area contributed by atoms with Crippen molar-refractivity contribution in [3.05, 3.63) is 54.5 Å². The Kier molecular flexibility index (Phi) is 6.48. The van der Waals surface area contributed by atoms with Crippen LogP contribution in [0, 0.1) is 5.92 Å². The predicted octanol–water partition coefficient (Wildman–Crippen LogP) is 2.75. The van der Waals surface area contributed by atoms with Gasteiger partial charge in [-0.15, -0.1) is 0 Å². The lowest BCUT2D eigenvalue weighted by Gasteiger charge is -2.36. The summed E-state index contributed by atoms with van der Waals surface area (Å²) in [6, 6.07) is 11.7. The van der Waals surface area contributed by atoms with Gasteiger partial charge in [0, 0.05) is 5.69 Å². The first-order valence-corrected chi connectivity index (χ1v) is 11.2. The van der Waals surface area contributed by atoms with Crippen molar-refractivity contribution in [2.75, 3.05) is 18.4 Å². The molecule has 2 fully saturated rings. The summed E-state index contributed by atoms with van der Waals surface area (Å²) in [5.41, 5.74) is -0.332. The zero-order valence-electron chi connectivity index (χ0n) is 18.6. The molecule has 1 saturated carbocycles. The van der Waals surface area contributed by atoms with Gasteiger partial charge in [0.05, 0.1) is 12.8 Å². The smallest absolute Gasteiger partial charge is 0.325 e. The molecule has 0 radical (unpaired) electrons. The van der Waals surface area contributed by atoms with Gasteiger partial charge in [-0.05, 0) is 43.0 Å². The van der Waals surface area contributed by atoms with Gasteiger partial charge < -0.3 is 20.0 Å². The maximum atomic E-state index is 13.2. The molecular weight excluding hydrogens is 424 g/mol. The van der Waals surface area contributed by atoms with E-state index in [0.717, 1.165) is 24.2 Å². The number of furan rings is 1. The topological polar surface area (TPSA) is 112 Å². The first-order chi connectivity index (χ1) is 15.9. The Hall–Kier alpha value is -3.62. The van der Waals surface area contributed by atoms with Gasteiger partial charge >= 0.3 is 6.03 Å². The van der Waals surface area contributed by atoms with Crippen LogP contribution in [0.2, 0.25) is 0 Å². The number of hydrogen-bond acceptors (Lipinski definition) is 5. The number of carbonyl (C=O) groups is 4. The molecule has 0 bridgehead atoms. The van der Waals surface area contributed by atoms with Gasteiger partial charge in [-0.1, -0.05) is 38.0 Å². The number of hydrogen-bond donors (Lipinski definition) is 2. The van der Waals surface area contributed by atoms with Crippen LogP contribution in [0.4, 0.5) is 10.5 Å². The number of anilines is 1. The van der Waals surface area contributed by atoms with Gasteiger partial charge in [-0.25, -0.2) is 4.79 Å². The zero-order valence-corrected chi connectivity index (χ0v) is 18.6. The van der Waals surface area contributed by atoms with Crippen molar-refractivity contribution in [1.82, 2.24) is 15.1 Å². The molecule has 2 aliphatic rings. The summed E-state index contributed by atoms with van der Waals surface area (Å²) < 4.78 is 5.34. The van der Waals surface area contributed by atoms with Crippen molar-refractivity contribution >= 4 is 29.4 Å². The molecule has 174 valence electrons. The quantitative estimate of drug-likeness (QED) is 0.628. The molecule has 4 rings (SSSR count). The molecule has 9 nitrogen and oxygen atoms in total. The van der Waals surface area contributed by atoms with E-state index in [1.165, 1.54) is 11.2 Å². The van der Waals surface area contributed by atoms with Crippen molar-refractivity contribution in [3.8, 4) is 0 Å². The second-order valence-corrected chi connectivity index (χ2v) is 8.68. The highest BCUT2D eigenvalue weighted by atomic mass is 16.3. The summed E-state index contributed by atoms with van der Waals surface area (Å²) in [6.07, 6.45) is 4.76. The van der Waals surface area contributed by atoms with Crippen molar-refractivity contribution in [2.24, 2.45) is 5.92 Å². The fourth-order valence-corrected chi connectivity index (χ4v) is 4.59. The van der Waals surface area contributed by atoms with Gasteiger partial charge in [-0.2, -0.15) is 0 Å². The van der Waals surface area contributed by atoms with Crippen molar-refractivity contribution in [2.45, 2.75) is 44.7 Å². The lowest BCUT2D eigenvalue weighted by atomic mass is 9.73. The number of imide groups is 1. The van der Waals surface area contributed by atoms with Crippen LogP contribution in [0.3, 0.4) is 0 Å². The average Bonchev–Trinajstić information content (AvgIpc) is 3.39. The fraction of sp³-hybridized carbons (Fsp3) is 0.417. The highest BCUT2D eigenvalue weighted by Crippen LogP contribution is 2.38. The third kappa shape index (κ3) is 4.76. The Morgan fingerprint density at radius 2 is 1.97 bits per heavy atom. The summed E-state index contributed by atoms with van der Waals surface area (Å²) in [7, 11) is 0. The molecule has 1 saturated heterocycles. The molecule has 2 atom stereocenters. The molecule has 1 aliphatic carbocycles. The first kappa shape index (κ1) is 22.6. The molecule has 1 spiro atoms. The fourth-order valence-electron chi connectivity index (χ4n) is 4.59. The minimum atomic E-state index is -0.938. The molecule has 2 N–H and O–H groups in total. The van der Waals surface area contributed by atoms with Crippen LogP contribution < -0.4 is 10.6 Å². The van der Waals surface area contributed by atoms with Crippen molar-refractivity contribution in [1.29, 1.82) is 0 Å². The van der Waals surface area contributed by atoms with E-state index in [4.69, 9.17) is 4.42 Å². The van der Waals surface area contributed by atoms with E-state index in [1.807, 2.05) is 13.0 Å². The number of para-hydroxylation sites is 1. The van der Waals surface area contributed by atoms with Crippen LogP contribution in [0.1, 0.15) is 38.4 Å². The van der Waals surface area contributed by atoms with Crippen LogP contribution >= 0.6 is 0 Å². The van der Waals surface area contributed by atoms with Crippen molar-refractivity contribution in [3.63, 3.8) is 0 Å². The Balaban J connectivity index is 1.47. The lowest BCUT2D eigenvalue weighted by Crippen LogP contribution is -2.54. The number of rotatable bonds is 7. The molecule has 2 aromatic rings. The van der Waals surface area contributed by atoms with Gasteiger partial charge in [0.25, 0.3) is 5.91 Å². The van der Waals surface area contributed by atoms with E-state index in [9.17, 15) is 19.2 Å². The van der Waals surface area contributed by atoms with Crippen LogP contribution in [-0.4, -0.2) is 52.2 Å². The summed E-state index contributed by atoms with van der Waals surface area (Å²) >= 11 is 0. The minimum Gasteiger partial charge on any atom is -0.467 e. The molecule has 1 aromatic heterocycles. The van der Waals surface area contributed by atoms with Gasteiger partial charge in [0.1, 0.15) is 24.4 Å². The SMILES string of the molecule is CC1CCCCC12NC(=O)N(CC(=O)N(CC(=O)Nc1ccccc1)Cc1ccco1)C2=O. The number of amides is 5. The maximum Gasteiger partial charge on any atom is 0.325 e. The molecule has 1 aliphatic heterocycles. The van der Waals surface area contributed by atoms with Crippen LogP contribution in [0.25, 0.3) is 0 Å². The second kappa shape index (κ2) is 9.48. The Bertz CT molecular complexity index is 1020. The minimum absolute atomic E-state index is 0.00123. The first-order valence-electron chi connectivity index (χ1n) is 11.2. The Morgan fingerprint density at radius 1 is 1.18 bits per heavy atom. The standard InChI is InChI=1S/C24H28N4O5/c1-17-8-5-6-12-24(17)22(31)28(23(32)26-24)16-21(30)27(14-19-11-7-13-33-19)15-20(29)25-18-9-3-2-4-10-18/h2-4,7,9-11,13,17H,5-6,8,12,14-16H2,1H3,(H,25,29)(H,26,32). The van der Waals surface area contributed by atoms with Crippen LogP contribution in [-0.2, 0) is 20.9 Å². The van der Waals surface area contributed by atoms with Crippen molar-refractivity contribution < 1.29 is 23.6 Å². The molecule has 5 amide bonds. The third-order valence-electron chi connectivity index (χ3n) is 6.47. The van der Waals surface area contributed by atoms with E-state index < -0.39 is 29.9 Å². The van der Waals surface area contributed by atoms with E-state index in [1.54, 1.807) is 36.4 Å². The van der Waals surface area contributed by atoms with E-state index >= 15 is 0 Å². The molecular formula is C24H28N4O5. The summed E-state index contributed by atoms with van der Waals surface area (Å²) in [5.74, 6) is -0.779. The molecule has 33 heavy (non-hydrogen) atoms. The van der Waals surface area contributed by atoms with Gasteiger partial charge in [0.2, 0.25) is 11.8 Å². The number of benzene rings is 1. The summed E-state index contributed by atoms with van der Waals surface area (Å²) in [4.78, 5) is 53.9. The van der Waals surface area contributed by atoms with E-state index in [-0.39, 0.29) is 24.9 Å². The summed E-state index contributed by atoms with van der Waals surface area (Å²) in [6.45, 7) is 1.32. The number of nitrogens with one attached hydrogen (secondary N) is 2. The van der Waals surface area contributed by atoms with Crippen LogP contribution in [0.5, 0.6) is 0 Å². The largest absolute Gasteiger partial charge is 0.467 e. The highest BCUT2D eigenvalue weighted by molar-refractivity contribution is 6.09. The number of nitrogens with zero attached hydrogens (tertiary/aromatic N) is 2. The monoisotopic (exact) mass is 452 g/mol. The third-order valence-corrected chi connectivity index (χ3v) is 6.47. The summed E-state index contributed by atoms with van der Waals surface area (Å²) in [5, 5.41) is 5.60. The van der Waals surface area contributed by atoms with Gasteiger partial charge in [0.15, 0.2) is 0 Å². The predicted molar refractivity (Wildman–Crippen MR) is 120 cm³/mol. The van der Waals surface area contributed by atoms with E-state index in [0.29, 0.717) is 17.9 Å². The highest BCUT2D eigenvalue weighted by Gasteiger charge is 2.55. The zero-order chi connectivity index (χ0) is 23.4. The van der Waals surface area contributed by atoms with Gasteiger partial charge in [-0.3, -0.25) is 19.3 Å². The average molecular weight is 453 g/mol. The molecule has 2 unspecified atom stereocenters. The maximum absolute atomic E-state index is 13.2. The molecule has 9 heteroatoms. The Labute approximate surface area is 192 Å². The second-order valence-electron chi connectivity index (χ2n) is 8.68. The normalized spacial score (nSPS) is 22.3. The van der Waals surface area contributed by atoms with Crippen LogP contribution in [0.15, 0.2) is 53.1 Å². The lowest BCUT2D eigenvalue weighted by molar-refractivity contribution is -0.141. The number of carbonyl (C=O) groups excluding carboxylic acids is 4. The molecule has 2 heterocycles. The Morgan fingerprint density at radius 3 is 2.67 bits per heavy atom.